The van der Waals surface area contributed by atoms with Gasteiger partial charge in [-0.3, -0.25) is 14.5 Å². The number of likely N-dealkylation sites (tertiary alicyclic amines) is 1. The average molecular weight is 426 g/mol. The topological polar surface area (TPSA) is 73.9 Å². The second kappa shape index (κ2) is 9.55. The summed E-state index contributed by atoms with van der Waals surface area (Å²) in [6, 6.07) is 15.4. The molecule has 2 aromatic carbocycles. The number of piperidine rings is 1. The van der Waals surface area contributed by atoms with E-state index in [1.165, 1.54) is 12.1 Å². The minimum Gasteiger partial charge on any atom is -0.383 e. The molecule has 2 aromatic rings. The minimum atomic E-state index is -0.409. The maximum Gasteiger partial charge on any atom is 0.247 e. The van der Waals surface area contributed by atoms with Crippen molar-refractivity contribution in [2.45, 2.75) is 12.6 Å². The Bertz CT molecular complexity index is 909. The van der Waals surface area contributed by atoms with Crippen LogP contribution in [0, 0.1) is 17.7 Å². The first-order valence-electron chi connectivity index (χ1n) is 10.5. The Morgan fingerprint density at radius 1 is 1.16 bits per heavy atom. The van der Waals surface area contributed by atoms with Crippen molar-refractivity contribution >= 4 is 17.5 Å². The lowest BCUT2D eigenvalue weighted by Crippen LogP contribution is -2.57. The smallest absolute Gasteiger partial charge is 0.247 e. The van der Waals surface area contributed by atoms with Gasteiger partial charge in [0.15, 0.2) is 0 Å². The van der Waals surface area contributed by atoms with E-state index >= 15 is 0 Å². The molecule has 7 nitrogen and oxygen atoms in total. The molecule has 0 saturated carbocycles. The average Bonchev–Trinajstić information content (AvgIpc) is 3.12. The Hall–Kier alpha value is -2.81. The summed E-state index contributed by atoms with van der Waals surface area (Å²) in [4.78, 5) is 28.3. The number of hydrogen-bond donors (Lipinski definition) is 2. The van der Waals surface area contributed by atoms with Crippen LogP contribution in [-0.2, 0) is 20.9 Å². The third-order valence-corrected chi connectivity index (χ3v) is 5.87. The Morgan fingerprint density at radius 2 is 1.90 bits per heavy atom. The molecule has 0 radical (unpaired) electrons. The lowest BCUT2D eigenvalue weighted by molar-refractivity contribution is -0.130. The molecule has 3 atom stereocenters. The summed E-state index contributed by atoms with van der Waals surface area (Å²) in [6.07, 6.45) is 0. The van der Waals surface area contributed by atoms with E-state index < -0.39 is 5.92 Å². The maximum absolute atomic E-state index is 13.3. The highest BCUT2D eigenvalue weighted by Crippen LogP contribution is 2.32. The fraction of sp³-hybridized carbons (Fsp3) is 0.391. The van der Waals surface area contributed by atoms with Crippen LogP contribution < -0.4 is 15.8 Å². The normalized spacial score (nSPS) is 23.6. The molecule has 2 heterocycles. The molecule has 3 unspecified atom stereocenters. The fourth-order valence-corrected chi connectivity index (χ4v) is 4.34. The van der Waals surface area contributed by atoms with Crippen molar-refractivity contribution in [2.24, 2.45) is 11.8 Å². The van der Waals surface area contributed by atoms with Crippen molar-refractivity contribution in [1.82, 2.24) is 15.6 Å². The van der Waals surface area contributed by atoms with Crippen LogP contribution in [0.3, 0.4) is 0 Å². The second-order valence-electron chi connectivity index (χ2n) is 7.98. The van der Waals surface area contributed by atoms with E-state index in [1.54, 1.807) is 24.3 Å². The number of carbonyl (C=O) groups is 2. The van der Waals surface area contributed by atoms with Gasteiger partial charge < -0.3 is 10.1 Å². The Labute approximate surface area is 181 Å². The van der Waals surface area contributed by atoms with Crippen molar-refractivity contribution < 1.29 is 18.7 Å². The molecule has 2 fully saturated rings. The van der Waals surface area contributed by atoms with E-state index in [4.69, 9.17) is 4.74 Å². The standard InChI is InChI=1S/C23H27FN4O3/c1-31-12-11-25-22(29)19-14-27(13-16-7-9-17(24)10-8-16)15-20-21(19)26-28(23(20)30)18-5-3-2-4-6-18/h2-10,19-21,26H,11-15H2,1H3,(H,25,29). The predicted octanol–water partition coefficient (Wildman–Crippen LogP) is 1.56. The first kappa shape index (κ1) is 21.4. The number of nitrogens with zero attached hydrogens (tertiary/aromatic N) is 2. The number of carbonyl (C=O) groups excluding carboxylic acids is 2. The Balaban J connectivity index is 1.55. The molecule has 8 heteroatoms. The number of benzene rings is 2. The van der Waals surface area contributed by atoms with Crippen LogP contribution in [-0.4, -0.2) is 56.1 Å². The van der Waals surface area contributed by atoms with E-state index in [0.29, 0.717) is 32.8 Å². The van der Waals surface area contributed by atoms with E-state index in [1.807, 2.05) is 30.3 Å². The molecule has 0 spiro atoms. The summed E-state index contributed by atoms with van der Waals surface area (Å²) in [5.74, 6) is -1.20. The highest BCUT2D eigenvalue weighted by atomic mass is 19.1. The van der Waals surface area contributed by atoms with E-state index in [0.717, 1.165) is 11.3 Å². The molecule has 164 valence electrons. The number of para-hydroxylation sites is 1. The van der Waals surface area contributed by atoms with Crippen LogP contribution in [0.1, 0.15) is 5.56 Å². The lowest BCUT2D eigenvalue weighted by Gasteiger charge is -2.38. The molecule has 2 amide bonds. The molecule has 0 bridgehead atoms. The van der Waals surface area contributed by atoms with Crippen LogP contribution in [0.5, 0.6) is 0 Å². The number of methoxy groups -OCH3 is 1. The monoisotopic (exact) mass is 426 g/mol. The summed E-state index contributed by atoms with van der Waals surface area (Å²) in [5, 5.41) is 4.48. The fourth-order valence-electron chi connectivity index (χ4n) is 4.34. The highest BCUT2D eigenvalue weighted by Gasteiger charge is 2.50. The van der Waals surface area contributed by atoms with E-state index in [-0.39, 0.29) is 29.6 Å². The van der Waals surface area contributed by atoms with Crippen molar-refractivity contribution in [2.75, 3.05) is 38.4 Å². The zero-order valence-electron chi connectivity index (χ0n) is 17.5. The second-order valence-corrected chi connectivity index (χ2v) is 7.98. The van der Waals surface area contributed by atoms with Crippen molar-refractivity contribution in [1.29, 1.82) is 0 Å². The van der Waals surface area contributed by atoms with Gasteiger partial charge >= 0.3 is 0 Å². The van der Waals surface area contributed by atoms with Crippen LogP contribution >= 0.6 is 0 Å². The van der Waals surface area contributed by atoms with Gasteiger partial charge in [0.2, 0.25) is 11.8 Å². The number of rotatable bonds is 7. The molecule has 0 aromatic heterocycles. The number of anilines is 1. The highest BCUT2D eigenvalue weighted by molar-refractivity contribution is 5.98. The summed E-state index contributed by atoms with van der Waals surface area (Å²) in [5.41, 5.74) is 4.98. The zero-order valence-corrected chi connectivity index (χ0v) is 17.5. The molecule has 0 aliphatic carbocycles. The molecular formula is C23H27FN4O3. The largest absolute Gasteiger partial charge is 0.383 e. The molecule has 2 aliphatic heterocycles. The Kier molecular flexibility index (Phi) is 6.60. The van der Waals surface area contributed by atoms with Gasteiger partial charge in [-0.25, -0.2) is 14.8 Å². The summed E-state index contributed by atoms with van der Waals surface area (Å²) < 4.78 is 18.3. The van der Waals surface area contributed by atoms with Gasteiger partial charge in [-0.15, -0.1) is 0 Å². The third kappa shape index (κ3) is 4.76. The van der Waals surface area contributed by atoms with Gasteiger partial charge in [0, 0.05) is 33.3 Å². The molecule has 2 aliphatic rings. The molecule has 4 rings (SSSR count). The summed E-state index contributed by atoms with van der Waals surface area (Å²) in [6.45, 7) is 2.41. The van der Waals surface area contributed by atoms with Crippen molar-refractivity contribution in [3.05, 3.63) is 66.0 Å². The first-order valence-corrected chi connectivity index (χ1v) is 10.5. The van der Waals surface area contributed by atoms with Crippen molar-refractivity contribution in [3.8, 4) is 0 Å². The molecule has 2 N–H and O–H groups in total. The van der Waals surface area contributed by atoms with Gasteiger partial charge in [-0.2, -0.15) is 0 Å². The van der Waals surface area contributed by atoms with E-state index in [2.05, 4.69) is 15.6 Å². The zero-order chi connectivity index (χ0) is 21.8. The number of amides is 2. The van der Waals surface area contributed by atoms with Gasteiger partial charge in [-0.1, -0.05) is 30.3 Å². The quantitative estimate of drug-likeness (QED) is 0.658. The third-order valence-electron chi connectivity index (χ3n) is 5.87. The van der Waals surface area contributed by atoms with Gasteiger partial charge in [0.05, 0.1) is 30.2 Å². The maximum atomic E-state index is 13.3. The number of halogens is 1. The van der Waals surface area contributed by atoms with Crippen molar-refractivity contribution in [3.63, 3.8) is 0 Å². The van der Waals surface area contributed by atoms with Gasteiger partial charge in [0.1, 0.15) is 5.82 Å². The van der Waals surface area contributed by atoms with Gasteiger partial charge in [-0.05, 0) is 29.8 Å². The number of hydrazine groups is 1. The number of fused-ring (bicyclic) bond motifs is 1. The number of ether oxygens (including phenoxy) is 1. The van der Waals surface area contributed by atoms with Crippen LogP contribution in [0.25, 0.3) is 0 Å². The first-order chi connectivity index (χ1) is 15.1. The number of hydrogen-bond acceptors (Lipinski definition) is 5. The van der Waals surface area contributed by atoms with E-state index in [9.17, 15) is 14.0 Å². The minimum absolute atomic E-state index is 0.0466. The lowest BCUT2D eigenvalue weighted by atomic mass is 9.83. The van der Waals surface area contributed by atoms with Crippen LogP contribution in [0.2, 0.25) is 0 Å². The van der Waals surface area contributed by atoms with Crippen LogP contribution in [0.15, 0.2) is 54.6 Å². The summed E-state index contributed by atoms with van der Waals surface area (Å²) >= 11 is 0. The SMILES string of the molecule is COCCNC(=O)C1CN(Cc2ccc(F)cc2)CC2C(=O)N(c3ccccc3)NC12. The number of nitrogens with one attached hydrogen (secondary N) is 2. The predicted molar refractivity (Wildman–Crippen MR) is 114 cm³/mol. The molecule has 31 heavy (non-hydrogen) atoms. The van der Waals surface area contributed by atoms with Crippen LogP contribution in [0.4, 0.5) is 10.1 Å². The molecule has 2 saturated heterocycles. The Morgan fingerprint density at radius 3 is 2.61 bits per heavy atom. The van der Waals surface area contributed by atoms with Gasteiger partial charge in [0.25, 0.3) is 0 Å². The molecular weight excluding hydrogens is 399 g/mol. The summed E-state index contributed by atoms with van der Waals surface area (Å²) in [7, 11) is 1.59.